The predicted octanol–water partition coefficient (Wildman–Crippen LogP) is 4.53. The van der Waals surface area contributed by atoms with Crippen LogP contribution in [0.2, 0.25) is 0 Å². The van der Waals surface area contributed by atoms with Gasteiger partial charge in [0.2, 0.25) is 5.89 Å². The summed E-state index contributed by atoms with van der Waals surface area (Å²) < 4.78 is 11.5. The Hall–Kier alpha value is -2.60. The molecule has 2 aromatic heterocycles. The van der Waals surface area contributed by atoms with Gasteiger partial charge in [0, 0.05) is 29.6 Å². The van der Waals surface area contributed by atoms with Gasteiger partial charge in [-0.3, -0.25) is 4.79 Å². The fourth-order valence-corrected chi connectivity index (χ4v) is 3.65. The van der Waals surface area contributed by atoms with Crippen LogP contribution in [0.3, 0.4) is 0 Å². The number of nitrogens with zero attached hydrogens (tertiary/aromatic N) is 2. The number of likely N-dealkylation sites (tertiary alicyclic amines) is 1. The van der Waals surface area contributed by atoms with Crippen molar-refractivity contribution in [2.24, 2.45) is 0 Å². The number of benzene rings is 1. The van der Waals surface area contributed by atoms with Crippen LogP contribution < -0.4 is 4.74 Å². The first-order valence-electron chi connectivity index (χ1n) is 8.72. The van der Waals surface area contributed by atoms with Crippen molar-refractivity contribution >= 4 is 17.2 Å². The van der Waals surface area contributed by atoms with E-state index in [1.165, 1.54) is 0 Å². The Kier molecular flexibility index (Phi) is 4.75. The van der Waals surface area contributed by atoms with E-state index in [0.29, 0.717) is 23.8 Å². The van der Waals surface area contributed by atoms with Crippen LogP contribution in [0.1, 0.15) is 34.7 Å². The molecule has 3 aromatic rings. The van der Waals surface area contributed by atoms with E-state index < -0.39 is 0 Å². The minimum atomic E-state index is 0.0989. The number of ether oxygens (including phenoxy) is 1. The van der Waals surface area contributed by atoms with Crippen LogP contribution in [0.5, 0.6) is 5.75 Å². The summed E-state index contributed by atoms with van der Waals surface area (Å²) in [6.07, 6.45) is 2.19. The van der Waals surface area contributed by atoms with Crippen LogP contribution >= 0.6 is 11.3 Å². The van der Waals surface area contributed by atoms with Crippen LogP contribution in [0, 0.1) is 6.92 Å². The van der Waals surface area contributed by atoms with Crippen molar-refractivity contribution in [2.75, 3.05) is 13.1 Å². The highest BCUT2D eigenvalue weighted by molar-refractivity contribution is 7.08. The zero-order chi connectivity index (χ0) is 17.9. The maximum atomic E-state index is 12.4. The summed E-state index contributed by atoms with van der Waals surface area (Å²) in [7, 11) is 0. The van der Waals surface area contributed by atoms with Gasteiger partial charge in [-0.25, -0.2) is 4.98 Å². The molecule has 134 valence electrons. The Morgan fingerprint density at radius 3 is 2.69 bits per heavy atom. The number of carbonyl (C=O) groups excluding carboxylic acids is 1. The summed E-state index contributed by atoms with van der Waals surface area (Å²) in [4.78, 5) is 18.8. The zero-order valence-electron chi connectivity index (χ0n) is 14.6. The number of oxazole rings is 1. The molecular formula is C20H20N2O3S. The number of rotatable bonds is 5. The van der Waals surface area contributed by atoms with E-state index in [1.807, 2.05) is 52.9 Å². The molecule has 1 saturated heterocycles. The van der Waals surface area contributed by atoms with Gasteiger partial charge in [0.05, 0.1) is 0 Å². The molecule has 0 spiro atoms. The molecule has 0 bridgehead atoms. The van der Waals surface area contributed by atoms with E-state index >= 15 is 0 Å². The highest BCUT2D eigenvalue weighted by Crippen LogP contribution is 2.25. The molecule has 0 saturated carbocycles. The van der Waals surface area contributed by atoms with Crippen molar-refractivity contribution in [2.45, 2.75) is 26.4 Å². The Bertz CT molecular complexity index is 878. The van der Waals surface area contributed by atoms with E-state index in [0.717, 1.165) is 42.9 Å². The molecular weight excluding hydrogens is 348 g/mol. The van der Waals surface area contributed by atoms with Gasteiger partial charge < -0.3 is 14.1 Å². The Morgan fingerprint density at radius 1 is 1.23 bits per heavy atom. The third kappa shape index (κ3) is 3.51. The van der Waals surface area contributed by atoms with E-state index in [-0.39, 0.29) is 5.91 Å². The normalized spacial score (nSPS) is 14.0. The van der Waals surface area contributed by atoms with Crippen LogP contribution in [0.25, 0.3) is 11.5 Å². The lowest BCUT2D eigenvalue weighted by Crippen LogP contribution is -2.27. The Morgan fingerprint density at radius 2 is 2.00 bits per heavy atom. The molecule has 4 rings (SSSR count). The summed E-state index contributed by atoms with van der Waals surface area (Å²) in [6, 6.07) is 9.29. The maximum Gasteiger partial charge on any atom is 0.253 e. The molecule has 6 heteroatoms. The number of aromatic nitrogens is 1. The van der Waals surface area contributed by atoms with Gasteiger partial charge in [0.1, 0.15) is 23.8 Å². The molecule has 5 nitrogen and oxygen atoms in total. The third-order valence-corrected chi connectivity index (χ3v) is 5.21. The largest absolute Gasteiger partial charge is 0.487 e. The molecule has 1 aliphatic rings. The lowest BCUT2D eigenvalue weighted by molar-refractivity contribution is 0.0793. The van der Waals surface area contributed by atoms with Crippen molar-refractivity contribution < 1.29 is 13.9 Å². The molecule has 0 N–H and O–H groups in total. The standard InChI is InChI=1S/C20H20N2O3S/c1-14-18(21-19(25-14)16-8-11-26-13-16)12-24-17-6-4-15(5-7-17)20(23)22-9-2-3-10-22/h4-8,11,13H,2-3,9-10,12H2,1H3. The highest BCUT2D eigenvalue weighted by Gasteiger charge is 2.19. The second-order valence-electron chi connectivity index (χ2n) is 6.35. The molecule has 1 aliphatic heterocycles. The first-order chi connectivity index (χ1) is 12.7. The molecule has 1 aromatic carbocycles. The smallest absolute Gasteiger partial charge is 0.253 e. The molecule has 0 radical (unpaired) electrons. The van der Waals surface area contributed by atoms with Crippen molar-refractivity contribution in [1.29, 1.82) is 0 Å². The monoisotopic (exact) mass is 368 g/mol. The van der Waals surface area contributed by atoms with E-state index in [9.17, 15) is 4.79 Å². The Balaban J connectivity index is 1.40. The fraction of sp³-hybridized carbons (Fsp3) is 0.300. The average Bonchev–Trinajstić information content (AvgIpc) is 3.41. The summed E-state index contributed by atoms with van der Waals surface area (Å²) in [6.45, 7) is 3.93. The fourth-order valence-electron chi connectivity index (χ4n) is 3.02. The molecule has 1 amide bonds. The number of hydrogen-bond acceptors (Lipinski definition) is 5. The lowest BCUT2D eigenvalue weighted by Gasteiger charge is -2.15. The van der Waals surface area contributed by atoms with Gasteiger partial charge in [0.15, 0.2) is 0 Å². The molecule has 1 fully saturated rings. The molecule has 0 atom stereocenters. The van der Waals surface area contributed by atoms with Crippen molar-refractivity contribution in [1.82, 2.24) is 9.88 Å². The lowest BCUT2D eigenvalue weighted by atomic mass is 10.2. The number of amides is 1. The second kappa shape index (κ2) is 7.33. The summed E-state index contributed by atoms with van der Waals surface area (Å²) in [5, 5.41) is 4.00. The number of hydrogen-bond donors (Lipinski definition) is 0. The van der Waals surface area contributed by atoms with Crippen LogP contribution in [-0.4, -0.2) is 28.9 Å². The summed E-state index contributed by atoms with van der Waals surface area (Å²) >= 11 is 1.61. The third-order valence-electron chi connectivity index (χ3n) is 4.53. The number of carbonyl (C=O) groups is 1. The van der Waals surface area contributed by atoms with Gasteiger partial charge in [-0.2, -0.15) is 11.3 Å². The Labute approximate surface area is 156 Å². The van der Waals surface area contributed by atoms with Gasteiger partial charge in [-0.1, -0.05) is 0 Å². The zero-order valence-corrected chi connectivity index (χ0v) is 15.4. The van der Waals surface area contributed by atoms with Crippen molar-refractivity contribution in [3.63, 3.8) is 0 Å². The second-order valence-corrected chi connectivity index (χ2v) is 7.13. The average molecular weight is 368 g/mol. The van der Waals surface area contributed by atoms with Crippen LogP contribution in [0.15, 0.2) is 45.5 Å². The van der Waals surface area contributed by atoms with Gasteiger partial charge in [-0.05, 0) is 55.5 Å². The number of aryl methyl sites for hydroxylation is 1. The predicted molar refractivity (Wildman–Crippen MR) is 100 cm³/mol. The van der Waals surface area contributed by atoms with Gasteiger partial charge in [0.25, 0.3) is 5.91 Å². The molecule has 0 unspecified atom stereocenters. The minimum Gasteiger partial charge on any atom is -0.487 e. The quantitative estimate of drug-likeness (QED) is 0.664. The summed E-state index contributed by atoms with van der Waals surface area (Å²) in [5.74, 6) is 2.19. The van der Waals surface area contributed by atoms with E-state index in [1.54, 1.807) is 11.3 Å². The van der Waals surface area contributed by atoms with Crippen molar-refractivity contribution in [3.8, 4) is 17.2 Å². The van der Waals surface area contributed by atoms with E-state index in [4.69, 9.17) is 9.15 Å². The summed E-state index contributed by atoms with van der Waals surface area (Å²) in [5.41, 5.74) is 2.47. The molecule has 0 aliphatic carbocycles. The van der Waals surface area contributed by atoms with Crippen molar-refractivity contribution in [3.05, 3.63) is 58.1 Å². The van der Waals surface area contributed by atoms with Gasteiger partial charge >= 0.3 is 0 Å². The molecule has 3 heterocycles. The highest BCUT2D eigenvalue weighted by atomic mass is 32.1. The first-order valence-corrected chi connectivity index (χ1v) is 9.66. The number of thiophene rings is 1. The van der Waals surface area contributed by atoms with Crippen LogP contribution in [-0.2, 0) is 6.61 Å². The van der Waals surface area contributed by atoms with E-state index in [2.05, 4.69) is 4.98 Å². The van der Waals surface area contributed by atoms with Crippen LogP contribution in [0.4, 0.5) is 0 Å². The minimum absolute atomic E-state index is 0.0989. The first kappa shape index (κ1) is 16.8. The molecule has 26 heavy (non-hydrogen) atoms. The maximum absolute atomic E-state index is 12.4. The van der Waals surface area contributed by atoms with Gasteiger partial charge in [-0.15, -0.1) is 0 Å². The SMILES string of the molecule is Cc1oc(-c2ccsc2)nc1COc1ccc(C(=O)N2CCCC2)cc1. The topological polar surface area (TPSA) is 55.6 Å².